The summed E-state index contributed by atoms with van der Waals surface area (Å²) < 4.78 is 9.11. The monoisotopic (exact) mass is 729 g/mol. The van der Waals surface area contributed by atoms with E-state index in [0.717, 1.165) is 38.6 Å². The van der Waals surface area contributed by atoms with Gasteiger partial charge >= 0.3 is 300 Å². The molecule has 0 amide bonds. The summed E-state index contributed by atoms with van der Waals surface area (Å²) in [6.45, 7) is 0. The Bertz CT molecular complexity index is 3180. The van der Waals surface area contributed by atoms with E-state index in [2.05, 4.69) is 115 Å². The second-order valence-corrected chi connectivity index (χ2v) is 15.3. The standard InChI is InChI=1S/C47H27N3OSe/c1-3-12-28(13-4-1)37-26-32(27-38-34-25-24-30-23-22-29-14-7-8-17-33(29)41(30)44(34)52-43(37)38)46-48-45(31-15-5-2-6-16-31)49-47(50-46)36-19-11-21-40-42(36)35-18-9-10-20-39(35)51-40/h1-27H. The molecule has 3 aromatic heterocycles. The van der Waals surface area contributed by atoms with E-state index in [1.165, 1.54) is 52.0 Å². The van der Waals surface area contributed by atoms with Gasteiger partial charge in [-0.2, -0.15) is 0 Å². The minimum atomic E-state index is 0.0927. The minimum absolute atomic E-state index is 0.0927. The van der Waals surface area contributed by atoms with Gasteiger partial charge in [-0.1, -0.05) is 6.07 Å². The van der Waals surface area contributed by atoms with Crippen molar-refractivity contribution < 1.29 is 4.42 Å². The number of para-hydroxylation sites is 1. The van der Waals surface area contributed by atoms with Crippen LogP contribution in [0.1, 0.15) is 0 Å². The normalized spacial score (nSPS) is 11.8. The van der Waals surface area contributed by atoms with Crippen LogP contribution in [0.2, 0.25) is 0 Å². The Morgan fingerprint density at radius 3 is 1.87 bits per heavy atom. The van der Waals surface area contributed by atoms with Crippen LogP contribution in [0.3, 0.4) is 0 Å². The third-order valence-corrected chi connectivity index (χ3v) is 12.8. The molecule has 3 heterocycles. The third kappa shape index (κ3) is 4.57. The summed E-state index contributed by atoms with van der Waals surface area (Å²) in [5.74, 6) is 1.89. The summed E-state index contributed by atoms with van der Waals surface area (Å²) in [6.07, 6.45) is 0. The summed E-state index contributed by atoms with van der Waals surface area (Å²) >= 11 is 0.0927. The van der Waals surface area contributed by atoms with Gasteiger partial charge in [0.1, 0.15) is 0 Å². The fourth-order valence-corrected chi connectivity index (χ4v) is 10.6. The second-order valence-electron chi connectivity index (χ2n) is 13.1. The molecule has 0 aliphatic carbocycles. The Balaban J connectivity index is 1.22. The molecule has 11 rings (SSSR count). The first kappa shape index (κ1) is 29.4. The predicted octanol–water partition coefficient (Wildman–Crippen LogP) is 12.1. The molecule has 8 aromatic carbocycles. The molecule has 0 radical (unpaired) electrons. The summed E-state index contributed by atoms with van der Waals surface area (Å²) in [5.41, 5.74) is 6.89. The fourth-order valence-electron chi connectivity index (χ4n) is 7.69. The van der Waals surface area contributed by atoms with Gasteiger partial charge in [0.25, 0.3) is 0 Å². The Hall–Kier alpha value is -6.39. The molecule has 0 saturated heterocycles. The average Bonchev–Trinajstić information content (AvgIpc) is 3.79. The van der Waals surface area contributed by atoms with E-state index < -0.39 is 0 Å². The van der Waals surface area contributed by atoms with E-state index in [4.69, 9.17) is 19.4 Å². The molecule has 0 aliphatic rings. The molecule has 4 nitrogen and oxygen atoms in total. The van der Waals surface area contributed by atoms with Crippen LogP contribution < -0.4 is 0 Å². The van der Waals surface area contributed by atoms with Gasteiger partial charge in [0, 0.05) is 0 Å². The number of aromatic nitrogens is 3. The van der Waals surface area contributed by atoms with Gasteiger partial charge in [0.15, 0.2) is 0 Å². The Kier molecular flexibility index (Phi) is 6.53. The Labute approximate surface area is 304 Å². The quantitative estimate of drug-likeness (QED) is 0.134. The van der Waals surface area contributed by atoms with Crippen LogP contribution in [0.4, 0.5) is 0 Å². The Morgan fingerprint density at radius 1 is 0.365 bits per heavy atom. The van der Waals surface area contributed by atoms with Gasteiger partial charge in [-0.25, -0.2) is 0 Å². The van der Waals surface area contributed by atoms with Crippen molar-refractivity contribution in [1.29, 1.82) is 0 Å². The molecule has 0 N–H and O–H groups in total. The van der Waals surface area contributed by atoms with Crippen molar-refractivity contribution >= 4 is 77.3 Å². The first-order valence-electron chi connectivity index (χ1n) is 17.4. The second kappa shape index (κ2) is 11.6. The number of hydrogen-bond acceptors (Lipinski definition) is 4. The van der Waals surface area contributed by atoms with Crippen LogP contribution in [0.5, 0.6) is 0 Å². The molecule has 52 heavy (non-hydrogen) atoms. The van der Waals surface area contributed by atoms with Crippen LogP contribution in [0.25, 0.3) is 108 Å². The van der Waals surface area contributed by atoms with Crippen molar-refractivity contribution in [3.05, 3.63) is 164 Å². The molecule has 0 saturated carbocycles. The van der Waals surface area contributed by atoms with Gasteiger partial charge in [-0.05, 0) is 0 Å². The van der Waals surface area contributed by atoms with Crippen molar-refractivity contribution in [2.75, 3.05) is 0 Å². The summed E-state index contributed by atoms with van der Waals surface area (Å²) in [4.78, 5) is 15.6. The Morgan fingerprint density at radius 2 is 1.02 bits per heavy atom. The molecule has 0 unspecified atom stereocenters. The number of rotatable bonds is 4. The molecule has 0 bridgehead atoms. The van der Waals surface area contributed by atoms with E-state index >= 15 is 0 Å². The van der Waals surface area contributed by atoms with Crippen molar-refractivity contribution in [2.45, 2.75) is 0 Å². The van der Waals surface area contributed by atoms with E-state index in [-0.39, 0.29) is 14.5 Å². The SMILES string of the molecule is c1ccc(-c2nc(-c3cc(-c4ccccc4)c4[se]c5c(ccc6ccc7ccccc7c65)c4c3)nc(-c3cccc4oc5ccccc5c34)n2)cc1. The van der Waals surface area contributed by atoms with E-state index in [0.29, 0.717) is 17.5 Å². The first-order valence-corrected chi connectivity index (χ1v) is 19.1. The van der Waals surface area contributed by atoms with Crippen LogP contribution in [0.15, 0.2) is 168 Å². The molecule has 11 aromatic rings. The van der Waals surface area contributed by atoms with Crippen LogP contribution in [0, 0.1) is 0 Å². The van der Waals surface area contributed by atoms with Crippen LogP contribution >= 0.6 is 0 Å². The maximum atomic E-state index is 6.28. The summed E-state index contributed by atoms with van der Waals surface area (Å²) in [6, 6.07) is 57.7. The van der Waals surface area contributed by atoms with Gasteiger partial charge < -0.3 is 0 Å². The van der Waals surface area contributed by atoms with Crippen molar-refractivity contribution in [3.63, 3.8) is 0 Å². The number of hydrogen-bond donors (Lipinski definition) is 0. The molecule has 242 valence electrons. The molecule has 0 fully saturated rings. The summed E-state index contributed by atoms with van der Waals surface area (Å²) in [5, 5.41) is 9.82. The van der Waals surface area contributed by atoms with Crippen molar-refractivity contribution in [2.24, 2.45) is 0 Å². The van der Waals surface area contributed by atoms with Crippen molar-refractivity contribution in [3.8, 4) is 45.3 Å². The topological polar surface area (TPSA) is 51.8 Å². The fraction of sp³-hybridized carbons (Fsp3) is 0. The number of fused-ring (bicyclic) bond motifs is 10. The van der Waals surface area contributed by atoms with E-state index in [1.54, 1.807) is 0 Å². The van der Waals surface area contributed by atoms with Crippen molar-refractivity contribution in [1.82, 2.24) is 15.0 Å². The molecule has 0 aliphatic heterocycles. The van der Waals surface area contributed by atoms with Crippen LogP contribution in [-0.4, -0.2) is 29.5 Å². The third-order valence-electron chi connectivity index (χ3n) is 10.1. The van der Waals surface area contributed by atoms with Gasteiger partial charge in [0.05, 0.1) is 0 Å². The molecule has 0 atom stereocenters. The molecular formula is C47H27N3OSe. The maximum absolute atomic E-state index is 6.28. The molecule has 5 heteroatoms. The van der Waals surface area contributed by atoms with Gasteiger partial charge in [0.2, 0.25) is 0 Å². The van der Waals surface area contributed by atoms with Crippen LogP contribution in [-0.2, 0) is 0 Å². The number of benzene rings is 8. The molecular weight excluding hydrogens is 701 g/mol. The predicted molar refractivity (Wildman–Crippen MR) is 216 cm³/mol. The van der Waals surface area contributed by atoms with E-state index in [9.17, 15) is 0 Å². The summed E-state index contributed by atoms with van der Waals surface area (Å²) in [7, 11) is 0. The zero-order valence-electron chi connectivity index (χ0n) is 27.7. The van der Waals surface area contributed by atoms with Gasteiger partial charge in [-0.15, -0.1) is 0 Å². The number of furan rings is 1. The average molecular weight is 729 g/mol. The zero-order chi connectivity index (χ0) is 34.2. The number of nitrogens with zero attached hydrogens (tertiary/aromatic N) is 3. The first-order chi connectivity index (χ1) is 25.8. The molecule has 0 spiro atoms. The zero-order valence-corrected chi connectivity index (χ0v) is 29.5. The van der Waals surface area contributed by atoms with E-state index in [1.807, 2.05) is 48.5 Å². The van der Waals surface area contributed by atoms with Gasteiger partial charge in [-0.3, -0.25) is 0 Å².